The molecule has 1 fully saturated rings. The number of hydrogen-bond donors (Lipinski definition) is 1. The van der Waals surface area contributed by atoms with Crippen LogP contribution in [-0.4, -0.2) is 41.0 Å². The summed E-state index contributed by atoms with van der Waals surface area (Å²) in [5.74, 6) is 0.621. The molecule has 0 saturated carbocycles. The highest BCUT2D eigenvalue weighted by molar-refractivity contribution is 5.81. The van der Waals surface area contributed by atoms with Crippen LogP contribution in [0.5, 0.6) is 5.75 Å². The Morgan fingerprint density at radius 3 is 2.95 bits per heavy atom. The molecule has 2 unspecified atom stereocenters. The zero-order valence-corrected chi connectivity index (χ0v) is 12.4. The maximum absolute atomic E-state index is 12.4. The molecule has 0 bridgehead atoms. The zero-order valence-electron chi connectivity index (χ0n) is 12.4. The Hall–Kier alpha value is -1.62. The molecule has 2 rings (SSSR count). The van der Waals surface area contributed by atoms with Crippen molar-refractivity contribution >= 4 is 5.91 Å². The number of aromatic nitrogens is 1. The molecule has 1 aromatic rings. The van der Waals surface area contributed by atoms with Crippen molar-refractivity contribution in [3.05, 3.63) is 24.5 Å². The van der Waals surface area contributed by atoms with E-state index in [0.717, 1.165) is 6.42 Å². The highest BCUT2D eigenvalue weighted by Crippen LogP contribution is 2.28. The number of carbonyl (C=O) groups excluding carboxylic acids is 1. The van der Waals surface area contributed by atoms with Gasteiger partial charge < -0.3 is 15.4 Å². The van der Waals surface area contributed by atoms with Gasteiger partial charge in [-0.3, -0.25) is 9.78 Å². The van der Waals surface area contributed by atoms with Crippen molar-refractivity contribution in [2.75, 3.05) is 13.1 Å². The molecule has 2 heterocycles. The fourth-order valence-electron chi connectivity index (χ4n) is 2.49. The first-order valence-corrected chi connectivity index (χ1v) is 7.01. The number of piperidine rings is 1. The molecule has 5 nitrogen and oxygen atoms in total. The van der Waals surface area contributed by atoms with Crippen LogP contribution in [0.3, 0.4) is 0 Å². The summed E-state index contributed by atoms with van der Waals surface area (Å²) in [5, 5.41) is 0. The van der Waals surface area contributed by atoms with Crippen molar-refractivity contribution in [1.29, 1.82) is 0 Å². The van der Waals surface area contributed by atoms with E-state index in [0.29, 0.717) is 18.8 Å². The second-order valence-corrected chi connectivity index (χ2v) is 6.09. The number of likely N-dealkylation sites (tertiary alicyclic amines) is 1. The Bertz CT molecular complexity index is 461. The SMILES string of the molecule is CC(Oc1cccnc1)C(=O)N1CCC(N)C(C)(C)C1. The van der Waals surface area contributed by atoms with E-state index in [1.807, 2.05) is 4.90 Å². The number of pyridine rings is 1. The molecule has 2 atom stereocenters. The third-order valence-corrected chi connectivity index (χ3v) is 3.92. The van der Waals surface area contributed by atoms with E-state index >= 15 is 0 Å². The summed E-state index contributed by atoms with van der Waals surface area (Å²) in [5.41, 5.74) is 6.04. The first-order valence-electron chi connectivity index (χ1n) is 7.01. The van der Waals surface area contributed by atoms with Crippen LogP contribution in [0.1, 0.15) is 27.2 Å². The van der Waals surface area contributed by atoms with E-state index in [1.54, 1.807) is 31.5 Å². The van der Waals surface area contributed by atoms with Gasteiger partial charge in [0.15, 0.2) is 6.10 Å². The van der Waals surface area contributed by atoms with Crippen LogP contribution in [0.25, 0.3) is 0 Å². The summed E-state index contributed by atoms with van der Waals surface area (Å²) in [4.78, 5) is 18.3. The van der Waals surface area contributed by atoms with Crippen LogP contribution < -0.4 is 10.5 Å². The van der Waals surface area contributed by atoms with Crippen LogP contribution in [0.2, 0.25) is 0 Å². The second kappa shape index (κ2) is 5.79. The topological polar surface area (TPSA) is 68.5 Å². The number of ether oxygens (including phenoxy) is 1. The molecule has 1 amide bonds. The molecule has 1 aromatic heterocycles. The normalized spacial score (nSPS) is 23.2. The summed E-state index contributed by atoms with van der Waals surface area (Å²) >= 11 is 0. The van der Waals surface area contributed by atoms with Gasteiger partial charge in [0, 0.05) is 25.3 Å². The summed E-state index contributed by atoms with van der Waals surface area (Å²) in [6, 6.07) is 3.73. The predicted octanol–water partition coefficient (Wildman–Crippen LogP) is 1.43. The standard InChI is InChI=1S/C15H23N3O2/c1-11(20-12-5-4-7-17-9-12)14(19)18-8-6-13(16)15(2,3)10-18/h4-5,7,9,11,13H,6,8,10,16H2,1-3H3. The molecule has 1 aliphatic heterocycles. The van der Waals surface area contributed by atoms with Crippen LogP contribution in [0.15, 0.2) is 24.5 Å². The fraction of sp³-hybridized carbons (Fsp3) is 0.600. The van der Waals surface area contributed by atoms with Crippen molar-refractivity contribution in [3.8, 4) is 5.75 Å². The van der Waals surface area contributed by atoms with Gasteiger partial charge in [-0.15, -0.1) is 0 Å². The molecule has 5 heteroatoms. The van der Waals surface area contributed by atoms with E-state index in [1.165, 1.54) is 0 Å². The van der Waals surface area contributed by atoms with Crippen LogP contribution in [0.4, 0.5) is 0 Å². The van der Waals surface area contributed by atoms with Crippen molar-refractivity contribution < 1.29 is 9.53 Å². The lowest BCUT2D eigenvalue weighted by Gasteiger charge is -2.43. The molecule has 1 aliphatic rings. The van der Waals surface area contributed by atoms with Gasteiger partial charge in [-0.05, 0) is 30.9 Å². The molecule has 110 valence electrons. The van der Waals surface area contributed by atoms with Gasteiger partial charge in [-0.25, -0.2) is 0 Å². The van der Waals surface area contributed by atoms with E-state index < -0.39 is 6.10 Å². The maximum Gasteiger partial charge on any atom is 0.263 e. The summed E-state index contributed by atoms with van der Waals surface area (Å²) in [6.07, 6.45) is 3.61. The summed E-state index contributed by atoms with van der Waals surface area (Å²) in [6.45, 7) is 7.35. The summed E-state index contributed by atoms with van der Waals surface area (Å²) in [7, 11) is 0. The monoisotopic (exact) mass is 277 g/mol. The van der Waals surface area contributed by atoms with Crippen LogP contribution in [-0.2, 0) is 4.79 Å². The van der Waals surface area contributed by atoms with Crippen molar-refractivity contribution in [2.24, 2.45) is 11.1 Å². The van der Waals surface area contributed by atoms with E-state index in [4.69, 9.17) is 10.5 Å². The maximum atomic E-state index is 12.4. The lowest BCUT2D eigenvalue weighted by molar-refractivity contribution is -0.141. The smallest absolute Gasteiger partial charge is 0.263 e. The Labute approximate surface area is 120 Å². The van der Waals surface area contributed by atoms with Gasteiger partial charge in [0.2, 0.25) is 0 Å². The molecule has 1 saturated heterocycles. The second-order valence-electron chi connectivity index (χ2n) is 6.09. The van der Waals surface area contributed by atoms with Crippen molar-refractivity contribution in [3.63, 3.8) is 0 Å². The number of hydrogen-bond acceptors (Lipinski definition) is 4. The fourth-order valence-corrected chi connectivity index (χ4v) is 2.49. The largest absolute Gasteiger partial charge is 0.479 e. The minimum atomic E-state index is -0.510. The first kappa shape index (κ1) is 14.8. The molecular formula is C15H23N3O2. The van der Waals surface area contributed by atoms with Crippen molar-refractivity contribution in [1.82, 2.24) is 9.88 Å². The Balaban J connectivity index is 1.97. The van der Waals surface area contributed by atoms with E-state index in [2.05, 4.69) is 18.8 Å². The number of nitrogens with two attached hydrogens (primary N) is 1. The minimum Gasteiger partial charge on any atom is -0.479 e. The Kier molecular flexibility index (Phi) is 4.28. The van der Waals surface area contributed by atoms with Crippen molar-refractivity contribution in [2.45, 2.75) is 39.3 Å². The van der Waals surface area contributed by atoms with Gasteiger partial charge in [-0.2, -0.15) is 0 Å². The number of rotatable bonds is 3. The molecule has 2 N–H and O–H groups in total. The number of amides is 1. The molecule has 0 aromatic carbocycles. The average molecular weight is 277 g/mol. The van der Waals surface area contributed by atoms with Gasteiger partial charge in [0.05, 0.1) is 6.20 Å². The first-order chi connectivity index (χ1) is 9.40. The van der Waals surface area contributed by atoms with E-state index in [9.17, 15) is 4.79 Å². The van der Waals surface area contributed by atoms with Gasteiger partial charge in [-0.1, -0.05) is 13.8 Å². The third kappa shape index (κ3) is 3.28. The van der Waals surface area contributed by atoms with E-state index in [-0.39, 0.29) is 17.4 Å². The minimum absolute atomic E-state index is 0.00817. The molecule has 20 heavy (non-hydrogen) atoms. The molecule has 0 spiro atoms. The van der Waals surface area contributed by atoms with Gasteiger partial charge >= 0.3 is 0 Å². The number of carbonyl (C=O) groups is 1. The molecule has 0 aliphatic carbocycles. The summed E-state index contributed by atoms with van der Waals surface area (Å²) < 4.78 is 5.64. The highest BCUT2D eigenvalue weighted by atomic mass is 16.5. The quantitative estimate of drug-likeness (QED) is 0.907. The van der Waals surface area contributed by atoms with Crippen LogP contribution >= 0.6 is 0 Å². The average Bonchev–Trinajstić information content (AvgIpc) is 2.42. The Morgan fingerprint density at radius 1 is 1.60 bits per heavy atom. The zero-order chi connectivity index (χ0) is 14.8. The predicted molar refractivity (Wildman–Crippen MR) is 77.3 cm³/mol. The number of nitrogens with zero attached hydrogens (tertiary/aromatic N) is 2. The van der Waals surface area contributed by atoms with Gasteiger partial charge in [0.1, 0.15) is 5.75 Å². The molecule has 0 radical (unpaired) electrons. The highest BCUT2D eigenvalue weighted by Gasteiger charge is 2.36. The molecular weight excluding hydrogens is 254 g/mol. The van der Waals surface area contributed by atoms with Crippen LogP contribution in [0, 0.1) is 5.41 Å². The van der Waals surface area contributed by atoms with Gasteiger partial charge in [0.25, 0.3) is 5.91 Å². The lowest BCUT2D eigenvalue weighted by atomic mass is 9.79. The Morgan fingerprint density at radius 2 is 2.35 bits per heavy atom. The third-order valence-electron chi connectivity index (χ3n) is 3.92. The lowest BCUT2D eigenvalue weighted by Crippen LogP contribution is -2.56.